The molecule has 0 aromatic carbocycles. The minimum atomic E-state index is -4.40. The van der Waals surface area contributed by atoms with E-state index in [1.807, 2.05) is 0 Å². The van der Waals surface area contributed by atoms with Gasteiger partial charge in [-0.1, -0.05) is 0 Å². The molecule has 0 radical (unpaired) electrons. The van der Waals surface area contributed by atoms with E-state index in [-0.39, 0.29) is 0 Å². The van der Waals surface area contributed by atoms with Crippen LogP contribution in [-0.2, 0) is 11.8 Å². The number of rotatable bonds is 0. The topological polar surface area (TPSA) is 60.7 Å². The molecular weight excluding hydrogens is 192 g/mol. The third-order valence-electron chi connectivity index (χ3n) is 0.179. The molecule has 0 spiro atoms. The average molecular weight is 198 g/mol. The highest BCUT2D eigenvalue weighted by Crippen LogP contribution is 2.11. The number of hydrogen-bond acceptors (Lipinski definition) is 2. The summed E-state index contributed by atoms with van der Waals surface area (Å²) in [5, 5.41) is 7.28. The summed E-state index contributed by atoms with van der Waals surface area (Å²) in [6, 6.07) is 0. The second kappa shape index (κ2) is 6.06. The first-order valence-electron chi connectivity index (χ1n) is 1.89. The van der Waals surface area contributed by atoms with Crippen LogP contribution in [0.3, 0.4) is 0 Å². The molecule has 0 atom stereocenters. The van der Waals surface area contributed by atoms with Gasteiger partial charge in [0.2, 0.25) is 0 Å². The van der Waals surface area contributed by atoms with Gasteiger partial charge in [-0.25, -0.2) is 0 Å². The van der Waals surface area contributed by atoms with Gasteiger partial charge in [-0.05, 0) is 11.8 Å². The van der Waals surface area contributed by atoms with Gasteiger partial charge in [-0.2, -0.15) is 13.2 Å². The standard InChI is InChI=1S/C2H3F3O.H3O2PS/c3-2(4,5)1-6;1-3(2)4/h6H,1H2;3H,(H2,1,2,4). The molecule has 0 aliphatic heterocycles. The predicted molar refractivity (Wildman–Crippen MR) is 33.3 cm³/mol. The van der Waals surface area contributed by atoms with Crippen molar-refractivity contribution in [1.82, 2.24) is 0 Å². The van der Waals surface area contributed by atoms with Crippen LogP contribution in [0, 0.1) is 0 Å². The lowest BCUT2D eigenvalue weighted by molar-refractivity contribution is -0.159. The maximum absolute atomic E-state index is 10.5. The molecule has 0 saturated carbocycles. The second-order valence-corrected chi connectivity index (χ2v) is 2.72. The zero-order valence-electron chi connectivity index (χ0n) is 4.59. The number of alkyl halides is 3. The maximum atomic E-state index is 10.5. The van der Waals surface area contributed by atoms with Gasteiger partial charge in [-0.15, -0.1) is 0 Å². The van der Waals surface area contributed by atoms with Crippen molar-refractivity contribution < 1.29 is 28.1 Å². The minimum Gasteiger partial charge on any atom is -0.387 e. The summed E-state index contributed by atoms with van der Waals surface area (Å²) >= 11 is 3.83. The van der Waals surface area contributed by atoms with Crippen molar-refractivity contribution in [3.05, 3.63) is 0 Å². The molecule has 3 nitrogen and oxygen atoms in total. The van der Waals surface area contributed by atoms with E-state index < -0.39 is 19.9 Å². The van der Waals surface area contributed by atoms with Crippen LogP contribution < -0.4 is 0 Å². The molecule has 64 valence electrons. The average Bonchev–Trinajstić information content (AvgIpc) is 1.63. The third kappa shape index (κ3) is 40.4. The predicted octanol–water partition coefficient (Wildman–Crippen LogP) is 0.0181. The number of aliphatic hydroxyl groups excluding tert-OH is 1. The van der Waals surface area contributed by atoms with Gasteiger partial charge in [0.15, 0.2) is 7.15 Å². The van der Waals surface area contributed by atoms with Crippen molar-refractivity contribution in [2.75, 3.05) is 6.61 Å². The van der Waals surface area contributed by atoms with Crippen molar-refractivity contribution in [3.63, 3.8) is 0 Å². The van der Waals surface area contributed by atoms with Crippen LogP contribution in [0.15, 0.2) is 0 Å². The Morgan fingerprint density at radius 1 is 1.30 bits per heavy atom. The number of halogens is 3. The van der Waals surface area contributed by atoms with Crippen LogP contribution in [0.2, 0.25) is 0 Å². The van der Waals surface area contributed by atoms with Gasteiger partial charge in [0, 0.05) is 0 Å². The summed E-state index contributed by atoms with van der Waals surface area (Å²) < 4.78 is 31.6. The van der Waals surface area contributed by atoms with E-state index in [1.165, 1.54) is 0 Å². The molecule has 0 aliphatic carbocycles. The molecule has 10 heavy (non-hydrogen) atoms. The summed E-state index contributed by atoms with van der Waals surface area (Å²) in [6.07, 6.45) is -4.40. The molecule has 0 heterocycles. The normalized spacial score (nSPS) is 10.7. The molecule has 0 bridgehead atoms. The molecule has 0 amide bonds. The highest BCUT2D eigenvalue weighted by Gasteiger charge is 2.24. The van der Waals surface area contributed by atoms with Gasteiger partial charge in [0.05, 0.1) is 0 Å². The summed E-state index contributed by atoms with van der Waals surface area (Å²) in [7, 11) is -2.30. The lowest BCUT2D eigenvalue weighted by atomic mass is 10.7. The summed E-state index contributed by atoms with van der Waals surface area (Å²) in [5.41, 5.74) is 0. The van der Waals surface area contributed by atoms with Crippen molar-refractivity contribution in [2.24, 2.45) is 0 Å². The van der Waals surface area contributed by atoms with E-state index in [0.717, 1.165) is 0 Å². The molecule has 0 aliphatic rings. The van der Waals surface area contributed by atoms with Gasteiger partial charge in [0.25, 0.3) is 0 Å². The van der Waals surface area contributed by atoms with Crippen molar-refractivity contribution in [2.45, 2.75) is 6.18 Å². The molecule has 8 heteroatoms. The van der Waals surface area contributed by atoms with E-state index in [1.54, 1.807) is 0 Å². The van der Waals surface area contributed by atoms with Crippen LogP contribution in [0.1, 0.15) is 0 Å². The van der Waals surface area contributed by atoms with Crippen LogP contribution in [0.5, 0.6) is 0 Å². The SMILES string of the molecule is OCC(F)(F)F.O[PH](O)=S. The molecule has 0 rings (SSSR count). The maximum Gasteiger partial charge on any atom is 0.411 e. The molecule has 3 N–H and O–H groups in total. The van der Waals surface area contributed by atoms with Crippen LogP contribution >= 0.6 is 7.15 Å². The van der Waals surface area contributed by atoms with Gasteiger partial charge in [-0.3, -0.25) is 0 Å². The quantitative estimate of drug-likeness (QED) is 0.480. The summed E-state index contributed by atoms with van der Waals surface area (Å²) in [4.78, 5) is 15.1. The van der Waals surface area contributed by atoms with Crippen molar-refractivity contribution in [3.8, 4) is 0 Å². The Kier molecular flexibility index (Phi) is 7.84. The smallest absolute Gasteiger partial charge is 0.387 e. The number of aliphatic hydroxyl groups is 1. The first kappa shape index (κ1) is 12.9. The molecule has 0 fully saturated rings. The van der Waals surface area contributed by atoms with Crippen LogP contribution in [-0.4, -0.2) is 27.7 Å². The Morgan fingerprint density at radius 3 is 1.40 bits per heavy atom. The Morgan fingerprint density at radius 2 is 1.40 bits per heavy atom. The summed E-state index contributed by atoms with van der Waals surface area (Å²) in [6.45, 7) is -1.73. The molecule has 0 saturated heterocycles. The molecular formula is C2H6F3O3PS. The highest BCUT2D eigenvalue weighted by molar-refractivity contribution is 7.99. The molecule has 0 unspecified atom stereocenters. The Bertz CT molecular complexity index is 100. The zero-order valence-corrected chi connectivity index (χ0v) is 6.41. The zero-order chi connectivity index (χ0) is 8.78. The first-order chi connectivity index (χ1) is 4.29. The van der Waals surface area contributed by atoms with E-state index in [2.05, 4.69) is 11.8 Å². The van der Waals surface area contributed by atoms with Gasteiger partial charge < -0.3 is 14.9 Å². The summed E-state index contributed by atoms with van der Waals surface area (Å²) in [5.74, 6) is 0. The number of hydrogen-bond donors (Lipinski definition) is 3. The fourth-order valence-electron chi connectivity index (χ4n) is 0. The fraction of sp³-hybridized carbons (Fsp3) is 1.00. The molecule has 0 aromatic heterocycles. The highest BCUT2D eigenvalue weighted by atomic mass is 32.4. The fourth-order valence-corrected chi connectivity index (χ4v) is 0. The van der Waals surface area contributed by atoms with E-state index in [9.17, 15) is 13.2 Å². The Balaban J connectivity index is 0. The Hall–Kier alpha value is 0.320. The monoisotopic (exact) mass is 198 g/mol. The lowest BCUT2D eigenvalue weighted by Crippen LogP contribution is -2.12. The van der Waals surface area contributed by atoms with Gasteiger partial charge >= 0.3 is 6.18 Å². The third-order valence-corrected chi connectivity index (χ3v) is 0.179. The van der Waals surface area contributed by atoms with Crippen molar-refractivity contribution >= 4 is 19.0 Å². The second-order valence-electron chi connectivity index (χ2n) is 1.06. The van der Waals surface area contributed by atoms with Gasteiger partial charge in [0.1, 0.15) is 6.61 Å². The van der Waals surface area contributed by atoms with Crippen LogP contribution in [0.25, 0.3) is 0 Å². The minimum absolute atomic E-state index is 1.73. The largest absolute Gasteiger partial charge is 0.411 e. The Labute approximate surface area is 60.7 Å². The first-order valence-corrected chi connectivity index (χ1v) is 4.42. The van der Waals surface area contributed by atoms with E-state index >= 15 is 0 Å². The molecule has 0 aromatic rings. The van der Waals surface area contributed by atoms with Crippen LogP contribution in [0.4, 0.5) is 13.2 Å². The van der Waals surface area contributed by atoms with E-state index in [4.69, 9.17) is 14.9 Å². The van der Waals surface area contributed by atoms with E-state index in [0.29, 0.717) is 0 Å². The van der Waals surface area contributed by atoms with Crippen molar-refractivity contribution in [1.29, 1.82) is 0 Å². The lowest BCUT2D eigenvalue weighted by Gasteiger charge is -1.95.